The maximum absolute atomic E-state index is 6.26. The topological polar surface area (TPSA) is 68.3 Å². The molecule has 0 aliphatic carbocycles. The minimum absolute atomic E-state index is 0.0931. The summed E-state index contributed by atoms with van der Waals surface area (Å²) >= 11 is 0. The summed E-state index contributed by atoms with van der Waals surface area (Å²) in [7, 11) is 3.94. The van der Waals surface area contributed by atoms with Crippen molar-refractivity contribution in [3.63, 3.8) is 0 Å². The number of benzene rings is 4. The molecule has 0 bridgehead atoms. The maximum atomic E-state index is 6.26. The third-order valence-corrected chi connectivity index (χ3v) is 8.05. The second-order valence-electron chi connectivity index (χ2n) is 11.2. The average molecular weight is 643 g/mol. The van der Waals surface area contributed by atoms with Gasteiger partial charge in [0, 0.05) is 29.4 Å². The zero-order chi connectivity index (χ0) is 33.8. The van der Waals surface area contributed by atoms with Crippen LogP contribution in [0.15, 0.2) is 134 Å². The molecule has 6 heteroatoms. The Morgan fingerprint density at radius 2 is 1.12 bits per heavy atom. The van der Waals surface area contributed by atoms with Crippen LogP contribution in [0.2, 0.25) is 0 Å². The Morgan fingerprint density at radius 3 is 1.71 bits per heavy atom. The predicted octanol–water partition coefficient (Wildman–Crippen LogP) is 9.23. The van der Waals surface area contributed by atoms with Gasteiger partial charge in [0.15, 0.2) is 0 Å². The van der Waals surface area contributed by atoms with Gasteiger partial charge < -0.3 is 20.1 Å². The van der Waals surface area contributed by atoms with Gasteiger partial charge in [0.1, 0.15) is 0 Å². The lowest BCUT2D eigenvalue weighted by atomic mass is 10.1. The van der Waals surface area contributed by atoms with Gasteiger partial charge in [-0.15, -0.1) is 0 Å². The van der Waals surface area contributed by atoms with E-state index in [9.17, 15) is 0 Å². The van der Waals surface area contributed by atoms with Gasteiger partial charge in [-0.2, -0.15) is 0 Å². The van der Waals surface area contributed by atoms with E-state index >= 15 is 0 Å². The lowest BCUT2D eigenvalue weighted by Crippen LogP contribution is -2.14. The highest BCUT2D eigenvalue weighted by Crippen LogP contribution is 2.26. The molecule has 2 heterocycles. The Kier molecular flexibility index (Phi) is 15.7. The summed E-state index contributed by atoms with van der Waals surface area (Å²) in [5.41, 5.74) is 5.82. The van der Waals surface area contributed by atoms with Gasteiger partial charge in [0.2, 0.25) is 0 Å². The van der Waals surface area contributed by atoms with Gasteiger partial charge in [-0.1, -0.05) is 111 Å². The summed E-state index contributed by atoms with van der Waals surface area (Å²) in [5.74, 6) is 0. The van der Waals surface area contributed by atoms with Crippen molar-refractivity contribution < 1.29 is 9.47 Å². The molecule has 48 heavy (non-hydrogen) atoms. The molecule has 250 valence electrons. The summed E-state index contributed by atoms with van der Waals surface area (Å²) < 4.78 is 12.5. The normalized spacial score (nSPS) is 12.0. The monoisotopic (exact) mass is 642 g/mol. The molecule has 2 N–H and O–H groups in total. The van der Waals surface area contributed by atoms with E-state index in [4.69, 9.17) is 9.47 Å². The number of fused-ring (bicyclic) bond motifs is 2. The van der Waals surface area contributed by atoms with Crippen LogP contribution < -0.4 is 10.6 Å². The number of nitrogens with zero attached hydrogens (tertiary/aromatic N) is 2. The van der Waals surface area contributed by atoms with E-state index in [1.165, 1.54) is 27.6 Å². The van der Waals surface area contributed by atoms with Crippen LogP contribution in [0.3, 0.4) is 0 Å². The number of ether oxygens (including phenoxy) is 2. The molecule has 0 saturated heterocycles. The minimum atomic E-state index is 0.0931. The van der Waals surface area contributed by atoms with Gasteiger partial charge >= 0.3 is 0 Å². The quantitative estimate of drug-likeness (QED) is 0.123. The van der Waals surface area contributed by atoms with Gasteiger partial charge in [-0.05, 0) is 85.9 Å². The number of hydrogen-bond acceptors (Lipinski definition) is 6. The molecule has 0 aliphatic heterocycles. The van der Waals surface area contributed by atoms with Crippen molar-refractivity contribution in [3.8, 4) is 0 Å². The van der Waals surface area contributed by atoms with Crippen LogP contribution in [0.5, 0.6) is 0 Å². The highest BCUT2D eigenvalue weighted by atomic mass is 16.5. The first kappa shape index (κ1) is 36.4. The zero-order valence-electron chi connectivity index (χ0n) is 28.8. The van der Waals surface area contributed by atoms with Gasteiger partial charge in [-0.25, -0.2) is 0 Å². The van der Waals surface area contributed by atoms with Crippen molar-refractivity contribution in [2.45, 2.75) is 52.1 Å². The molecular weight excluding hydrogens is 592 g/mol. The average Bonchev–Trinajstić information content (AvgIpc) is 3.17. The van der Waals surface area contributed by atoms with Crippen LogP contribution in [-0.2, 0) is 22.7 Å². The Balaban J connectivity index is 0.000000206. The molecule has 0 spiro atoms. The summed E-state index contributed by atoms with van der Waals surface area (Å²) in [6, 6.07) is 39.4. The Labute approximate surface area is 286 Å². The molecule has 0 fully saturated rings. The molecule has 2 aromatic heterocycles. The molecule has 4 aromatic carbocycles. The van der Waals surface area contributed by atoms with Crippen molar-refractivity contribution in [2.24, 2.45) is 0 Å². The van der Waals surface area contributed by atoms with Crippen molar-refractivity contribution in [1.29, 1.82) is 0 Å². The molecule has 0 amide bonds. The van der Waals surface area contributed by atoms with Crippen molar-refractivity contribution in [2.75, 3.05) is 27.2 Å². The number of rotatable bonds is 14. The first-order valence-electron chi connectivity index (χ1n) is 17.0. The van der Waals surface area contributed by atoms with E-state index in [0.29, 0.717) is 13.2 Å². The third-order valence-electron chi connectivity index (χ3n) is 8.05. The van der Waals surface area contributed by atoms with Gasteiger partial charge in [0.05, 0.1) is 30.9 Å². The summed E-state index contributed by atoms with van der Waals surface area (Å²) in [6.45, 7) is 7.03. The second kappa shape index (κ2) is 20.7. The Bertz CT molecular complexity index is 1610. The van der Waals surface area contributed by atoms with Crippen LogP contribution in [0.1, 0.15) is 61.2 Å². The molecule has 6 aromatic rings. The standard InChI is InChI=1S/2C20H22N2O.C2H6/c1-21-14-12-20(16-7-3-2-4-8-16)23-15-17-9-5-11-19-18(17)10-6-13-22-19;1-21-12-11-20(17-6-3-2-4-7-17)23-15-18-9-5-8-16-10-13-22-14-19(16)18;1-2/h2-11,13,20-21H,12,14-15H2,1H3;2-10,13-14,20-21H,11-12,15H2,1H3;1-2H3. The van der Waals surface area contributed by atoms with Crippen molar-refractivity contribution >= 4 is 21.7 Å². The summed E-state index contributed by atoms with van der Waals surface area (Å²) in [5, 5.41) is 9.94. The highest BCUT2D eigenvalue weighted by Gasteiger charge is 2.14. The van der Waals surface area contributed by atoms with Crippen LogP contribution >= 0.6 is 0 Å². The lowest BCUT2D eigenvalue weighted by Gasteiger charge is -2.19. The Hall–Kier alpha value is -4.46. The predicted molar refractivity (Wildman–Crippen MR) is 200 cm³/mol. The van der Waals surface area contributed by atoms with Crippen molar-refractivity contribution in [3.05, 3.63) is 156 Å². The van der Waals surface area contributed by atoms with Crippen LogP contribution in [-0.4, -0.2) is 37.2 Å². The van der Waals surface area contributed by atoms with Crippen LogP contribution in [0.4, 0.5) is 0 Å². The first-order valence-corrected chi connectivity index (χ1v) is 17.0. The molecule has 6 rings (SSSR count). The highest BCUT2D eigenvalue weighted by molar-refractivity contribution is 5.84. The van der Waals surface area contributed by atoms with Crippen molar-refractivity contribution in [1.82, 2.24) is 20.6 Å². The summed E-state index contributed by atoms with van der Waals surface area (Å²) in [6.07, 6.45) is 7.65. The fourth-order valence-electron chi connectivity index (χ4n) is 5.55. The van der Waals surface area contributed by atoms with E-state index < -0.39 is 0 Å². The van der Waals surface area contributed by atoms with Gasteiger partial charge in [-0.3, -0.25) is 9.97 Å². The number of pyridine rings is 2. The largest absolute Gasteiger partial charge is 0.369 e. The lowest BCUT2D eigenvalue weighted by molar-refractivity contribution is 0.0349. The SMILES string of the molecule is CC.CNCCC(OCc1cccc2ccncc12)c1ccccc1.CNCCC(OCc1cccc2ncccc12)c1ccccc1. The van der Waals surface area contributed by atoms with E-state index in [-0.39, 0.29) is 12.2 Å². The second-order valence-corrected chi connectivity index (χ2v) is 11.2. The molecular formula is C42H50N4O2. The van der Waals surface area contributed by atoms with E-state index in [1.807, 2.05) is 82.9 Å². The van der Waals surface area contributed by atoms with Crippen LogP contribution in [0, 0.1) is 0 Å². The van der Waals surface area contributed by atoms with E-state index in [0.717, 1.165) is 42.2 Å². The molecule has 0 saturated carbocycles. The van der Waals surface area contributed by atoms with Crippen LogP contribution in [0.25, 0.3) is 21.7 Å². The zero-order valence-corrected chi connectivity index (χ0v) is 28.8. The number of aromatic nitrogens is 2. The molecule has 6 nitrogen and oxygen atoms in total. The number of nitrogens with one attached hydrogen (secondary N) is 2. The smallest absolute Gasteiger partial charge is 0.0841 e. The molecule has 2 atom stereocenters. The molecule has 0 aliphatic rings. The van der Waals surface area contributed by atoms with E-state index in [1.54, 1.807) is 0 Å². The minimum Gasteiger partial charge on any atom is -0.369 e. The van der Waals surface area contributed by atoms with Gasteiger partial charge in [0.25, 0.3) is 0 Å². The first-order chi connectivity index (χ1) is 23.8. The van der Waals surface area contributed by atoms with E-state index in [2.05, 4.69) is 99.5 Å². The maximum Gasteiger partial charge on any atom is 0.0841 e. The molecule has 2 unspecified atom stereocenters. The summed E-state index contributed by atoms with van der Waals surface area (Å²) in [4.78, 5) is 8.65. The Morgan fingerprint density at radius 1 is 0.562 bits per heavy atom. The fourth-order valence-corrected chi connectivity index (χ4v) is 5.55. The fraction of sp³-hybridized carbons (Fsp3) is 0.286. The molecule has 0 radical (unpaired) electrons. The number of hydrogen-bond donors (Lipinski definition) is 2. The third kappa shape index (κ3) is 10.8.